The molecule has 5 nitrogen and oxygen atoms in total. The largest absolute Gasteiger partial charge is 0.489 e. The second-order valence-corrected chi connectivity index (χ2v) is 8.05. The molecule has 0 radical (unpaired) electrons. The van der Waals surface area contributed by atoms with E-state index in [1.54, 1.807) is 0 Å². The topological polar surface area (TPSA) is 40.1 Å². The molecule has 2 unspecified atom stereocenters. The molecule has 1 aromatic rings. The number of halogens is 1. The van der Waals surface area contributed by atoms with Crippen LogP contribution < -0.4 is 10.1 Å². The molecule has 0 saturated carbocycles. The van der Waals surface area contributed by atoms with E-state index in [1.807, 2.05) is 12.1 Å². The highest BCUT2D eigenvalue weighted by atomic mass is 127. The van der Waals surface area contributed by atoms with Crippen molar-refractivity contribution in [2.45, 2.75) is 46.1 Å². The molecule has 0 bridgehead atoms. The van der Waals surface area contributed by atoms with Crippen molar-refractivity contribution < 1.29 is 4.74 Å². The summed E-state index contributed by atoms with van der Waals surface area (Å²) in [5, 5.41) is 3.47. The van der Waals surface area contributed by atoms with Crippen LogP contribution in [0, 0.1) is 12.8 Å². The number of benzene rings is 1. The van der Waals surface area contributed by atoms with Gasteiger partial charge in [-0.2, -0.15) is 0 Å². The average molecular weight is 500 g/mol. The fraction of sp³-hybridized carbons (Fsp3) is 0.682. The van der Waals surface area contributed by atoms with Gasteiger partial charge >= 0.3 is 0 Å². The Morgan fingerprint density at radius 3 is 2.79 bits per heavy atom. The van der Waals surface area contributed by atoms with Gasteiger partial charge in [0.05, 0.1) is 6.54 Å². The van der Waals surface area contributed by atoms with E-state index in [4.69, 9.17) is 9.73 Å². The third-order valence-electron chi connectivity index (χ3n) is 5.46. The summed E-state index contributed by atoms with van der Waals surface area (Å²) in [5.74, 6) is 2.74. The molecule has 2 aliphatic rings. The molecule has 3 rings (SSSR count). The highest BCUT2D eigenvalue weighted by Crippen LogP contribution is 2.20. The molecule has 2 atom stereocenters. The van der Waals surface area contributed by atoms with E-state index in [0.717, 1.165) is 37.3 Å². The van der Waals surface area contributed by atoms with Crippen LogP contribution in [0.25, 0.3) is 0 Å². The van der Waals surface area contributed by atoms with Gasteiger partial charge in [-0.05, 0) is 76.7 Å². The first kappa shape index (κ1) is 23.3. The van der Waals surface area contributed by atoms with Crippen molar-refractivity contribution in [1.29, 1.82) is 0 Å². The zero-order chi connectivity index (χ0) is 19.1. The zero-order valence-corrected chi connectivity index (χ0v) is 20.0. The lowest BCUT2D eigenvalue weighted by molar-refractivity contribution is 0.229. The van der Waals surface area contributed by atoms with E-state index in [0.29, 0.717) is 6.54 Å². The lowest BCUT2D eigenvalue weighted by Crippen LogP contribution is -2.41. The van der Waals surface area contributed by atoms with Gasteiger partial charge in [0.25, 0.3) is 0 Å². The Balaban J connectivity index is 0.00000280. The predicted octanol–water partition coefficient (Wildman–Crippen LogP) is 3.76. The number of ether oxygens (including phenoxy) is 1. The summed E-state index contributed by atoms with van der Waals surface area (Å²) in [4.78, 5) is 9.94. The van der Waals surface area contributed by atoms with E-state index in [9.17, 15) is 0 Å². The zero-order valence-electron chi connectivity index (χ0n) is 17.7. The van der Waals surface area contributed by atoms with Crippen molar-refractivity contribution in [3.8, 4) is 5.75 Å². The van der Waals surface area contributed by atoms with Crippen molar-refractivity contribution in [3.05, 3.63) is 29.8 Å². The highest BCUT2D eigenvalue weighted by molar-refractivity contribution is 14.0. The third-order valence-corrected chi connectivity index (χ3v) is 5.46. The number of hydrogen-bond donors (Lipinski definition) is 1. The lowest BCUT2D eigenvalue weighted by Gasteiger charge is -2.24. The van der Waals surface area contributed by atoms with Gasteiger partial charge in [-0.25, -0.2) is 4.99 Å². The Morgan fingerprint density at radius 2 is 2.07 bits per heavy atom. The smallest absolute Gasteiger partial charge is 0.194 e. The average Bonchev–Trinajstić information content (AvgIpc) is 3.31. The first-order valence-corrected chi connectivity index (χ1v) is 10.6. The first-order valence-electron chi connectivity index (χ1n) is 10.6. The van der Waals surface area contributed by atoms with E-state index in [2.05, 4.69) is 48.0 Å². The van der Waals surface area contributed by atoms with Crippen LogP contribution in [0.5, 0.6) is 5.75 Å². The van der Waals surface area contributed by atoms with Crippen LogP contribution in [0.4, 0.5) is 0 Å². The molecular formula is C22H37IN4O. The first-order chi connectivity index (χ1) is 13.1. The van der Waals surface area contributed by atoms with E-state index < -0.39 is 0 Å². The van der Waals surface area contributed by atoms with Crippen molar-refractivity contribution in [3.63, 3.8) is 0 Å². The van der Waals surface area contributed by atoms with Crippen molar-refractivity contribution in [1.82, 2.24) is 15.1 Å². The molecule has 2 fully saturated rings. The van der Waals surface area contributed by atoms with Gasteiger partial charge in [-0.3, -0.25) is 0 Å². The number of guanidine groups is 1. The Morgan fingerprint density at radius 1 is 1.29 bits per heavy atom. The van der Waals surface area contributed by atoms with Gasteiger partial charge in [0.1, 0.15) is 11.9 Å². The molecule has 0 aromatic heterocycles. The Hall–Kier alpha value is -1.02. The van der Waals surface area contributed by atoms with Crippen LogP contribution in [-0.4, -0.2) is 67.7 Å². The number of hydrogen-bond acceptors (Lipinski definition) is 3. The molecule has 1 aromatic carbocycles. The Labute approximate surface area is 187 Å². The highest BCUT2D eigenvalue weighted by Gasteiger charge is 2.27. The summed E-state index contributed by atoms with van der Waals surface area (Å²) in [6, 6.07) is 8.22. The van der Waals surface area contributed by atoms with Crippen molar-refractivity contribution in [2.24, 2.45) is 10.9 Å². The number of nitrogens with zero attached hydrogens (tertiary/aromatic N) is 3. The standard InChI is InChI=1S/C22H36N4O.HI/c1-4-23-22(24-15-19(3)27-21-9-7-8-18(2)14-21)26-13-10-20(17-26)16-25-11-5-6-12-25;/h7-9,14,19-20H,4-6,10-13,15-17H2,1-3H3,(H,23,24);1H. The molecule has 158 valence electrons. The number of likely N-dealkylation sites (tertiary alicyclic amines) is 2. The summed E-state index contributed by atoms with van der Waals surface area (Å²) in [6.45, 7) is 14.0. The Kier molecular flexibility index (Phi) is 9.85. The van der Waals surface area contributed by atoms with Crippen LogP contribution in [0.1, 0.15) is 38.7 Å². The number of aliphatic imine (C=N–C) groups is 1. The van der Waals surface area contributed by atoms with Gasteiger partial charge in [0.15, 0.2) is 5.96 Å². The number of aryl methyl sites for hydroxylation is 1. The fourth-order valence-electron chi connectivity index (χ4n) is 4.10. The summed E-state index contributed by atoms with van der Waals surface area (Å²) < 4.78 is 6.04. The second kappa shape index (κ2) is 11.9. The predicted molar refractivity (Wildman–Crippen MR) is 128 cm³/mol. The van der Waals surface area contributed by atoms with Crippen LogP contribution in [0.15, 0.2) is 29.3 Å². The van der Waals surface area contributed by atoms with Crippen molar-refractivity contribution >= 4 is 29.9 Å². The molecule has 0 spiro atoms. The van der Waals surface area contributed by atoms with Crippen LogP contribution in [0.2, 0.25) is 0 Å². The van der Waals surface area contributed by atoms with Crippen LogP contribution >= 0.6 is 24.0 Å². The summed E-state index contributed by atoms with van der Waals surface area (Å²) >= 11 is 0. The van der Waals surface area contributed by atoms with Crippen LogP contribution in [-0.2, 0) is 0 Å². The monoisotopic (exact) mass is 500 g/mol. The molecule has 2 heterocycles. The van der Waals surface area contributed by atoms with E-state index in [-0.39, 0.29) is 30.1 Å². The van der Waals surface area contributed by atoms with Gasteiger partial charge in [0.2, 0.25) is 0 Å². The SMILES string of the molecule is CCNC(=NCC(C)Oc1cccc(C)c1)N1CCC(CN2CCCC2)C1.I. The molecule has 2 saturated heterocycles. The summed E-state index contributed by atoms with van der Waals surface area (Å²) in [7, 11) is 0. The van der Waals surface area contributed by atoms with E-state index in [1.165, 1.54) is 44.5 Å². The molecule has 0 amide bonds. The van der Waals surface area contributed by atoms with Crippen LogP contribution in [0.3, 0.4) is 0 Å². The maximum Gasteiger partial charge on any atom is 0.194 e. The maximum absolute atomic E-state index is 6.04. The summed E-state index contributed by atoms with van der Waals surface area (Å²) in [6.07, 6.45) is 4.08. The third kappa shape index (κ3) is 7.10. The fourth-order valence-corrected chi connectivity index (χ4v) is 4.10. The minimum atomic E-state index is 0. The van der Waals surface area contributed by atoms with Gasteiger partial charge in [0, 0.05) is 26.2 Å². The second-order valence-electron chi connectivity index (χ2n) is 8.05. The lowest BCUT2D eigenvalue weighted by atomic mass is 10.1. The summed E-state index contributed by atoms with van der Waals surface area (Å²) in [5.41, 5.74) is 1.22. The van der Waals surface area contributed by atoms with Gasteiger partial charge in [-0.15, -0.1) is 24.0 Å². The molecule has 6 heteroatoms. The minimum Gasteiger partial charge on any atom is -0.489 e. The maximum atomic E-state index is 6.04. The Bertz CT molecular complexity index is 618. The van der Waals surface area contributed by atoms with Gasteiger partial charge in [-0.1, -0.05) is 12.1 Å². The van der Waals surface area contributed by atoms with Gasteiger partial charge < -0.3 is 19.9 Å². The number of rotatable bonds is 7. The molecule has 1 N–H and O–H groups in total. The molecule has 2 aliphatic heterocycles. The quantitative estimate of drug-likeness (QED) is 0.352. The molecule has 28 heavy (non-hydrogen) atoms. The van der Waals surface area contributed by atoms with E-state index >= 15 is 0 Å². The molecular weight excluding hydrogens is 463 g/mol. The van der Waals surface area contributed by atoms with Crippen molar-refractivity contribution in [2.75, 3.05) is 45.8 Å². The normalized spacial score (nSPS) is 21.5. The minimum absolute atomic E-state index is 0. The number of nitrogens with one attached hydrogen (secondary N) is 1. The molecule has 0 aliphatic carbocycles.